The molecule has 0 saturated heterocycles. The Morgan fingerprint density at radius 3 is 2.71 bits per heavy atom. The van der Waals surface area contributed by atoms with E-state index >= 15 is 0 Å². The van der Waals surface area contributed by atoms with E-state index in [9.17, 15) is 9.18 Å². The third-order valence-corrected chi connectivity index (χ3v) is 4.13. The predicted octanol–water partition coefficient (Wildman–Crippen LogP) is 3.64. The lowest BCUT2D eigenvalue weighted by Crippen LogP contribution is -2.32. The summed E-state index contributed by atoms with van der Waals surface area (Å²) in [5.41, 5.74) is 2.82. The van der Waals surface area contributed by atoms with Crippen molar-refractivity contribution in [2.45, 2.75) is 25.3 Å². The van der Waals surface area contributed by atoms with E-state index < -0.39 is 0 Å². The van der Waals surface area contributed by atoms with Gasteiger partial charge in [0.15, 0.2) is 0 Å². The van der Waals surface area contributed by atoms with Gasteiger partial charge in [0.2, 0.25) is 0 Å². The number of carbonyl (C=O) groups is 1. The third-order valence-electron chi connectivity index (χ3n) is 4.13. The van der Waals surface area contributed by atoms with E-state index in [1.165, 1.54) is 42.5 Å². The summed E-state index contributed by atoms with van der Waals surface area (Å²) >= 11 is 0. The fraction of sp³-hybridized carbons (Fsp3) is 0.263. The van der Waals surface area contributed by atoms with Crippen molar-refractivity contribution >= 4 is 11.9 Å². The molecule has 1 aliphatic carbocycles. The van der Waals surface area contributed by atoms with E-state index in [1.54, 1.807) is 0 Å². The second-order valence-corrected chi connectivity index (χ2v) is 5.71. The molecule has 0 aliphatic heterocycles. The lowest BCUT2D eigenvalue weighted by atomic mass is 9.88. The minimum Gasteiger partial charge on any atom is -0.468 e. The molecule has 0 saturated carbocycles. The van der Waals surface area contributed by atoms with E-state index in [0.717, 1.165) is 19.3 Å². The standard InChI is InChI=1S/C19H19FN2O2/c1-24-19(22-18(23)14-9-11-15(20)12-10-14)21-17-8-4-6-13-5-2-3-7-16(13)17/h2-3,5,7,9-12,17H,4,6,8H2,1H3,(H,21,22,23)/t17-/m1/s1. The number of aliphatic imine (C=N–C) groups is 1. The number of benzene rings is 2. The smallest absolute Gasteiger partial charge is 0.292 e. The SMILES string of the molecule is COC(=N[C@@H]1CCCc2ccccc21)NC(=O)c1ccc(F)cc1. The van der Waals surface area contributed by atoms with Gasteiger partial charge in [-0.15, -0.1) is 0 Å². The lowest BCUT2D eigenvalue weighted by Gasteiger charge is -2.23. The highest BCUT2D eigenvalue weighted by Crippen LogP contribution is 2.32. The number of halogens is 1. The first kappa shape index (κ1) is 16.2. The number of nitrogens with one attached hydrogen (secondary N) is 1. The molecule has 5 heteroatoms. The molecule has 0 heterocycles. The van der Waals surface area contributed by atoms with E-state index in [0.29, 0.717) is 5.56 Å². The van der Waals surface area contributed by atoms with E-state index in [1.807, 2.05) is 12.1 Å². The van der Waals surface area contributed by atoms with Crippen molar-refractivity contribution in [3.63, 3.8) is 0 Å². The Morgan fingerprint density at radius 2 is 1.96 bits per heavy atom. The first-order chi connectivity index (χ1) is 11.7. The largest absolute Gasteiger partial charge is 0.468 e. The van der Waals surface area contributed by atoms with Gasteiger partial charge < -0.3 is 4.74 Å². The zero-order chi connectivity index (χ0) is 16.9. The number of fused-ring (bicyclic) bond motifs is 1. The molecular weight excluding hydrogens is 307 g/mol. The van der Waals surface area contributed by atoms with Gasteiger partial charge in [0, 0.05) is 5.56 Å². The highest BCUT2D eigenvalue weighted by atomic mass is 19.1. The van der Waals surface area contributed by atoms with E-state index in [-0.39, 0.29) is 23.8 Å². The lowest BCUT2D eigenvalue weighted by molar-refractivity contribution is 0.0968. The fourth-order valence-electron chi connectivity index (χ4n) is 2.91. The summed E-state index contributed by atoms with van der Waals surface area (Å²) in [7, 11) is 1.47. The molecule has 1 amide bonds. The number of nitrogens with zero attached hydrogens (tertiary/aromatic N) is 1. The number of carbonyl (C=O) groups excluding carboxylic acids is 1. The van der Waals surface area contributed by atoms with Crippen LogP contribution in [0.3, 0.4) is 0 Å². The maximum atomic E-state index is 12.9. The molecule has 1 N–H and O–H groups in total. The van der Waals surface area contributed by atoms with Gasteiger partial charge in [-0.3, -0.25) is 10.1 Å². The van der Waals surface area contributed by atoms with Gasteiger partial charge in [-0.05, 0) is 54.7 Å². The Kier molecular flexibility index (Phi) is 4.89. The fourth-order valence-corrected chi connectivity index (χ4v) is 2.91. The van der Waals surface area contributed by atoms with Crippen LogP contribution in [0, 0.1) is 5.82 Å². The third kappa shape index (κ3) is 3.62. The molecule has 0 spiro atoms. The molecule has 4 nitrogen and oxygen atoms in total. The minimum atomic E-state index is -0.383. The molecule has 1 atom stereocenters. The molecule has 0 fully saturated rings. The number of hydrogen-bond acceptors (Lipinski definition) is 3. The van der Waals surface area contributed by atoms with Crippen molar-refractivity contribution < 1.29 is 13.9 Å². The Morgan fingerprint density at radius 1 is 1.21 bits per heavy atom. The van der Waals surface area contributed by atoms with Crippen LogP contribution in [0.15, 0.2) is 53.5 Å². The average molecular weight is 326 g/mol. The van der Waals surface area contributed by atoms with Gasteiger partial charge in [0.1, 0.15) is 5.82 Å². The molecule has 124 valence electrons. The van der Waals surface area contributed by atoms with Crippen molar-refractivity contribution in [1.82, 2.24) is 5.32 Å². The van der Waals surface area contributed by atoms with Crippen LogP contribution in [0.4, 0.5) is 4.39 Å². The number of hydrogen-bond donors (Lipinski definition) is 1. The van der Waals surface area contributed by atoms with Gasteiger partial charge in [-0.1, -0.05) is 24.3 Å². The highest BCUT2D eigenvalue weighted by molar-refractivity contribution is 6.04. The van der Waals surface area contributed by atoms with E-state index in [4.69, 9.17) is 4.74 Å². The molecule has 0 radical (unpaired) electrons. The number of amidine groups is 1. The van der Waals surface area contributed by atoms with E-state index in [2.05, 4.69) is 22.4 Å². The first-order valence-electron chi connectivity index (χ1n) is 7.94. The maximum Gasteiger partial charge on any atom is 0.292 e. The zero-order valence-electron chi connectivity index (χ0n) is 13.5. The molecular formula is C19H19FN2O2. The number of rotatable bonds is 2. The van der Waals surface area contributed by atoms with Gasteiger partial charge in [0.25, 0.3) is 11.9 Å². The summed E-state index contributed by atoms with van der Waals surface area (Å²) in [5.74, 6) is -0.759. The normalized spacial score (nSPS) is 17.1. The Hall–Kier alpha value is -2.69. The van der Waals surface area contributed by atoms with Crippen molar-refractivity contribution in [2.24, 2.45) is 4.99 Å². The molecule has 2 aromatic rings. The van der Waals surface area contributed by atoms with Crippen LogP contribution < -0.4 is 5.32 Å². The second-order valence-electron chi connectivity index (χ2n) is 5.71. The van der Waals surface area contributed by atoms with Crippen molar-refractivity contribution in [3.8, 4) is 0 Å². The Bertz CT molecular complexity index is 756. The molecule has 0 unspecified atom stereocenters. The molecule has 0 aromatic heterocycles. The summed E-state index contributed by atoms with van der Waals surface area (Å²) in [6.45, 7) is 0. The number of ether oxygens (including phenoxy) is 1. The Balaban J connectivity index is 1.78. The quantitative estimate of drug-likeness (QED) is 0.677. The minimum absolute atomic E-state index is 0.0292. The number of aryl methyl sites for hydroxylation is 1. The number of methoxy groups -OCH3 is 1. The summed E-state index contributed by atoms with van der Waals surface area (Å²) in [6, 6.07) is 13.7. The van der Waals surface area contributed by atoms with Gasteiger partial charge in [-0.2, -0.15) is 0 Å². The van der Waals surface area contributed by atoms with Crippen molar-refractivity contribution in [2.75, 3.05) is 7.11 Å². The van der Waals surface area contributed by atoms with Crippen LogP contribution in [0.2, 0.25) is 0 Å². The molecule has 3 rings (SSSR count). The molecule has 1 aliphatic rings. The molecule has 2 aromatic carbocycles. The zero-order valence-corrected chi connectivity index (χ0v) is 13.5. The Labute approximate surface area is 140 Å². The summed E-state index contributed by atoms with van der Waals surface area (Å²) in [6.07, 6.45) is 3.01. The van der Waals surface area contributed by atoms with Crippen LogP contribution >= 0.6 is 0 Å². The average Bonchev–Trinajstić information content (AvgIpc) is 2.62. The summed E-state index contributed by atoms with van der Waals surface area (Å²) < 4.78 is 18.2. The highest BCUT2D eigenvalue weighted by Gasteiger charge is 2.20. The monoisotopic (exact) mass is 326 g/mol. The predicted molar refractivity (Wildman–Crippen MR) is 90.4 cm³/mol. The van der Waals surface area contributed by atoms with Gasteiger partial charge in [-0.25, -0.2) is 9.38 Å². The number of amides is 1. The summed E-state index contributed by atoms with van der Waals surface area (Å²) in [4.78, 5) is 16.8. The molecule has 24 heavy (non-hydrogen) atoms. The van der Waals surface area contributed by atoms with Crippen molar-refractivity contribution in [1.29, 1.82) is 0 Å². The van der Waals surface area contributed by atoms with Crippen LogP contribution in [-0.4, -0.2) is 19.0 Å². The second kappa shape index (κ2) is 7.25. The van der Waals surface area contributed by atoms with Gasteiger partial charge in [0.05, 0.1) is 13.2 Å². The van der Waals surface area contributed by atoms with Crippen LogP contribution in [0.25, 0.3) is 0 Å². The summed E-state index contributed by atoms with van der Waals surface area (Å²) in [5, 5.41) is 2.65. The maximum absolute atomic E-state index is 12.9. The van der Waals surface area contributed by atoms with Crippen molar-refractivity contribution in [3.05, 3.63) is 71.0 Å². The topological polar surface area (TPSA) is 50.7 Å². The van der Waals surface area contributed by atoms with Crippen LogP contribution in [-0.2, 0) is 11.2 Å². The van der Waals surface area contributed by atoms with Crippen LogP contribution in [0.1, 0.15) is 40.4 Å². The van der Waals surface area contributed by atoms with Gasteiger partial charge >= 0.3 is 0 Å². The van der Waals surface area contributed by atoms with Crippen LogP contribution in [0.5, 0.6) is 0 Å². The molecule has 0 bridgehead atoms. The first-order valence-corrected chi connectivity index (χ1v) is 7.94.